The lowest BCUT2D eigenvalue weighted by Gasteiger charge is -2.27. The average Bonchev–Trinajstić information content (AvgIpc) is 3.43. The molecule has 2 aromatic rings. The summed E-state index contributed by atoms with van der Waals surface area (Å²) in [6.07, 6.45) is 6.64. The Kier molecular flexibility index (Phi) is 5.76. The number of piperidine rings is 1. The summed E-state index contributed by atoms with van der Waals surface area (Å²) in [7, 11) is 0. The van der Waals surface area contributed by atoms with Gasteiger partial charge >= 0.3 is 0 Å². The van der Waals surface area contributed by atoms with E-state index in [0.717, 1.165) is 43.9 Å². The number of nitrogens with one attached hydrogen (secondary N) is 1. The van der Waals surface area contributed by atoms with Gasteiger partial charge in [0.1, 0.15) is 5.76 Å². The molecule has 1 N–H and O–H groups in total. The summed E-state index contributed by atoms with van der Waals surface area (Å²) in [4.78, 5) is 28.9. The third-order valence-corrected chi connectivity index (χ3v) is 5.67. The molecule has 28 heavy (non-hydrogen) atoms. The number of furan rings is 1. The molecule has 3 heterocycles. The summed E-state index contributed by atoms with van der Waals surface area (Å²) >= 11 is 0. The summed E-state index contributed by atoms with van der Waals surface area (Å²) in [5, 5.41) is 3.05. The van der Waals surface area contributed by atoms with E-state index in [1.165, 1.54) is 12.8 Å². The van der Waals surface area contributed by atoms with Crippen molar-refractivity contribution in [2.45, 2.75) is 38.1 Å². The number of carbonyl (C=O) groups is 2. The smallest absolute Gasteiger partial charge is 0.251 e. The fraction of sp³-hybridized carbons (Fsp3) is 0.455. The van der Waals surface area contributed by atoms with Gasteiger partial charge in [-0.1, -0.05) is 0 Å². The molecule has 2 saturated heterocycles. The van der Waals surface area contributed by atoms with Crippen LogP contribution in [0.5, 0.6) is 0 Å². The van der Waals surface area contributed by atoms with Gasteiger partial charge in [-0.2, -0.15) is 0 Å². The van der Waals surface area contributed by atoms with Gasteiger partial charge in [0.15, 0.2) is 0 Å². The number of carbonyl (C=O) groups excluding carboxylic acids is 2. The first-order valence-corrected chi connectivity index (χ1v) is 10.2. The monoisotopic (exact) mass is 381 g/mol. The maximum atomic E-state index is 12.6. The molecule has 2 aliphatic rings. The van der Waals surface area contributed by atoms with E-state index in [1.807, 2.05) is 29.2 Å². The minimum absolute atomic E-state index is 0.0618. The standard InChI is InChI=1S/C22H27N3O3/c26-21-7-1-2-14-25(21)18-10-8-17(9-11-18)22(27)23-16-19(20-6-5-15-28-20)24-12-3-4-13-24/h5-6,8-11,15,19H,1-4,7,12-14,16H2,(H,23,27)/t19-/m1/s1. The maximum Gasteiger partial charge on any atom is 0.251 e. The van der Waals surface area contributed by atoms with Crippen LogP contribution < -0.4 is 10.2 Å². The first-order chi connectivity index (χ1) is 13.7. The zero-order chi connectivity index (χ0) is 19.3. The minimum atomic E-state index is -0.104. The van der Waals surface area contributed by atoms with Gasteiger partial charge < -0.3 is 14.6 Å². The van der Waals surface area contributed by atoms with Crippen LogP contribution in [0.15, 0.2) is 47.1 Å². The third kappa shape index (κ3) is 4.12. The van der Waals surface area contributed by atoms with Crippen LogP contribution in [-0.2, 0) is 4.79 Å². The van der Waals surface area contributed by atoms with Crippen LogP contribution in [0.25, 0.3) is 0 Å². The Labute approximate surface area is 165 Å². The Bertz CT molecular complexity index is 795. The highest BCUT2D eigenvalue weighted by molar-refractivity contribution is 5.96. The number of amides is 2. The number of anilines is 1. The van der Waals surface area contributed by atoms with Gasteiger partial charge in [0.25, 0.3) is 5.91 Å². The number of benzene rings is 1. The molecule has 0 unspecified atom stereocenters. The Morgan fingerprint density at radius 3 is 2.46 bits per heavy atom. The second-order valence-corrected chi connectivity index (χ2v) is 7.53. The van der Waals surface area contributed by atoms with Gasteiger partial charge in [-0.05, 0) is 75.2 Å². The molecule has 4 rings (SSSR count). The maximum absolute atomic E-state index is 12.6. The fourth-order valence-electron chi connectivity index (χ4n) is 4.11. The zero-order valence-corrected chi connectivity index (χ0v) is 16.1. The van der Waals surface area contributed by atoms with Crippen LogP contribution in [0.2, 0.25) is 0 Å². The van der Waals surface area contributed by atoms with Crippen LogP contribution in [0.3, 0.4) is 0 Å². The quantitative estimate of drug-likeness (QED) is 0.833. The van der Waals surface area contributed by atoms with Crippen molar-refractivity contribution in [3.05, 3.63) is 54.0 Å². The van der Waals surface area contributed by atoms with E-state index in [4.69, 9.17) is 4.42 Å². The third-order valence-electron chi connectivity index (χ3n) is 5.67. The van der Waals surface area contributed by atoms with Crippen molar-refractivity contribution in [1.29, 1.82) is 0 Å². The van der Waals surface area contributed by atoms with Crippen LogP contribution in [0.1, 0.15) is 54.3 Å². The number of likely N-dealkylation sites (tertiary alicyclic amines) is 1. The van der Waals surface area contributed by atoms with E-state index in [1.54, 1.807) is 18.4 Å². The van der Waals surface area contributed by atoms with Crippen molar-refractivity contribution in [2.24, 2.45) is 0 Å². The Morgan fingerprint density at radius 1 is 1.04 bits per heavy atom. The van der Waals surface area contributed by atoms with Crippen LogP contribution in [-0.4, -0.2) is 42.9 Å². The molecule has 0 aliphatic carbocycles. The molecule has 148 valence electrons. The van der Waals surface area contributed by atoms with Crippen molar-refractivity contribution in [3.63, 3.8) is 0 Å². The second kappa shape index (κ2) is 8.61. The van der Waals surface area contributed by atoms with E-state index >= 15 is 0 Å². The van der Waals surface area contributed by atoms with Gasteiger partial charge in [0.2, 0.25) is 5.91 Å². The Hall–Kier alpha value is -2.60. The van der Waals surface area contributed by atoms with Crippen molar-refractivity contribution in [3.8, 4) is 0 Å². The Morgan fingerprint density at radius 2 is 1.79 bits per heavy atom. The van der Waals surface area contributed by atoms with E-state index in [0.29, 0.717) is 18.5 Å². The predicted octanol–water partition coefficient (Wildman–Crippen LogP) is 3.36. The molecule has 1 aromatic heterocycles. The van der Waals surface area contributed by atoms with Crippen molar-refractivity contribution in [1.82, 2.24) is 10.2 Å². The van der Waals surface area contributed by atoms with Gasteiger partial charge in [0, 0.05) is 30.8 Å². The zero-order valence-electron chi connectivity index (χ0n) is 16.1. The molecule has 1 atom stereocenters. The summed E-state index contributed by atoms with van der Waals surface area (Å²) in [6.45, 7) is 3.32. The molecular formula is C22H27N3O3. The van der Waals surface area contributed by atoms with Gasteiger partial charge in [-0.25, -0.2) is 0 Å². The fourth-order valence-corrected chi connectivity index (χ4v) is 4.11. The van der Waals surface area contributed by atoms with E-state index in [9.17, 15) is 9.59 Å². The molecule has 2 fully saturated rings. The molecule has 6 nitrogen and oxygen atoms in total. The molecule has 2 amide bonds. The number of hydrogen-bond donors (Lipinski definition) is 1. The van der Waals surface area contributed by atoms with Crippen molar-refractivity contribution in [2.75, 3.05) is 31.1 Å². The van der Waals surface area contributed by atoms with Crippen molar-refractivity contribution < 1.29 is 14.0 Å². The number of rotatable bonds is 6. The van der Waals surface area contributed by atoms with E-state index < -0.39 is 0 Å². The van der Waals surface area contributed by atoms with Crippen LogP contribution in [0.4, 0.5) is 5.69 Å². The summed E-state index contributed by atoms with van der Waals surface area (Å²) in [6, 6.07) is 11.2. The predicted molar refractivity (Wildman–Crippen MR) is 107 cm³/mol. The molecule has 0 spiro atoms. The summed E-state index contributed by atoms with van der Waals surface area (Å²) in [5.41, 5.74) is 1.47. The second-order valence-electron chi connectivity index (χ2n) is 7.53. The minimum Gasteiger partial charge on any atom is -0.468 e. The summed E-state index contributed by atoms with van der Waals surface area (Å²) in [5.74, 6) is 0.948. The Balaban J connectivity index is 1.39. The number of nitrogens with zero attached hydrogens (tertiary/aromatic N) is 2. The molecule has 1 aromatic carbocycles. The van der Waals surface area contributed by atoms with E-state index in [2.05, 4.69) is 10.2 Å². The first-order valence-electron chi connectivity index (χ1n) is 10.2. The highest BCUT2D eigenvalue weighted by Crippen LogP contribution is 2.25. The lowest BCUT2D eigenvalue weighted by atomic mass is 10.1. The van der Waals surface area contributed by atoms with E-state index in [-0.39, 0.29) is 17.9 Å². The molecular weight excluding hydrogens is 354 g/mol. The molecule has 0 saturated carbocycles. The normalized spacial score (nSPS) is 19.0. The molecule has 2 aliphatic heterocycles. The van der Waals surface area contributed by atoms with Gasteiger partial charge in [-0.3, -0.25) is 14.5 Å². The largest absolute Gasteiger partial charge is 0.468 e. The molecule has 6 heteroatoms. The average molecular weight is 381 g/mol. The van der Waals surface area contributed by atoms with Crippen LogP contribution in [0, 0.1) is 0 Å². The van der Waals surface area contributed by atoms with Gasteiger partial charge in [0.05, 0.1) is 12.3 Å². The van der Waals surface area contributed by atoms with Gasteiger partial charge in [-0.15, -0.1) is 0 Å². The first kappa shape index (κ1) is 18.7. The lowest BCUT2D eigenvalue weighted by Crippen LogP contribution is -2.37. The molecule has 0 bridgehead atoms. The molecule has 0 radical (unpaired) electrons. The lowest BCUT2D eigenvalue weighted by molar-refractivity contribution is -0.119. The summed E-state index contributed by atoms with van der Waals surface area (Å²) < 4.78 is 5.61. The topological polar surface area (TPSA) is 65.8 Å². The highest BCUT2D eigenvalue weighted by Gasteiger charge is 2.26. The number of hydrogen-bond acceptors (Lipinski definition) is 4. The SMILES string of the molecule is O=C(NC[C@H](c1ccco1)N1CCCC1)c1ccc(N2CCCCC2=O)cc1. The van der Waals surface area contributed by atoms with Crippen molar-refractivity contribution >= 4 is 17.5 Å². The highest BCUT2D eigenvalue weighted by atomic mass is 16.3. The van der Waals surface area contributed by atoms with Crippen LogP contribution >= 0.6 is 0 Å².